The van der Waals surface area contributed by atoms with E-state index in [2.05, 4.69) is 12.6 Å². The van der Waals surface area contributed by atoms with Crippen LogP contribution in [0, 0.1) is 0 Å². The quantitative estimate of drug-likeness (QED) is 0.229. The predicted molar refractivity (Wildman–Crippen MR) is 77.4 cm³/mol. The molecular weight excluding hydrogens is 334 g/mol. The van der Waals surface area contributed by atoms with Gasteiger partial charge in [0, 0.05) is 5.75 Å². The summed E-state index contributed by atoms with van der Waals surface area (Å²) in [5.74, 6) is 0.0518. The lowest BCUT2D eigenvalue weighted by molar-refractivity contribution is -0.339. The van der Waals surface area contributed by atoms with Crippen LogP contribution in [0.4, 0.5) is 0 Å². The van der Waals surface area contributed by atoms with E-state index >= 15 is 0 Å². The Bertz CT molecular complexity index is 388. The lowest BCUT2D eigenvalue weighted by Gasteiger charge is -2.45. The highest BCUT2D eigenvalue weighted by Gasteiger charge is 2.49. The number of aliphatic hydroxyl groups is 6. The zero-order valence-electron chi connectivity index (χ0n) is 12.1. The maximum absolute atomic E-state index is 10.1. The van der Waals surface area contributed by atoms with Gasteiger partial charge in [-0.15, -0.1) is 0 Å². The van der Waals surface area contributed by atoms with Gasteiger partial charge in [-0.2, -0.15) is 12.6 Å². The molecule has 0 aromatic rings. The van der Waals surface area contributed by atoms with Crippen LogP contribution >= 0.6 is 12.6 Å². The Morgan fingerprint density at radius 1 is 0.913 bits per heavy atom. The van der Waals surface area contributed by atoms with Gasteiger partial charge < -0.3 is 50.6 Å². The van der Waals surface area contributed by atoms with E-state index in [0.29, 0.717) is 0 Å². The second-order valence-corrected chi connectivity index (χ2v) is 5.98. The number of ether oxygens (including phenoxy) is 3. The fourth-order valence-electron chi connectivity index (χ4n) is 2.60. The first-order valence-corrected chi connectivity index (χ1v) is 7.79. The van der Waals surface area contributed by atoms with Gasteiger partial charge in [-0.3, -0.25) is 0 Å². The van der Waals surface area contributed by atoms with Gasteiger partial charge >= 0.3 is 0 Å². The van der Waals surface area contributed by atoms with Crippen molar-refractivity contribution in [3.05, 3.63) is 0 Å². The topological polar surface area (TPSA) is 175 Å². The van der Waals surface area contributed by atoms with Crippen LogP contribution in [0.15, 0.2) is 0 Å². The van der Waals surface area contributed by atoms with Crippen LogP contribution < -0.4 is 5.73 Å². The second kappa shape index (κ2) is 7.89. The summed E-state index contributed by atoms with van der Waals surface area (Å²) in [5.41, 5.74) is 5.58. The largest absolute Gasteiger partial charge is 0.394 e. The van der Waals surface area contributed by atoms with Crippen molar-refractivity contribution >= 4 is 12.6 Å². The molecule has 2 aliphatic rings. The molecule has 2 fully saturated rings. The summed E-state index contributed by atoms with van der Waals surface area (Å²) in [6, 6.07) is -1.19. The Hall–Kier alpha value is -0.0500. The van der Waals surface area contributed by atoms with Crippen molar-refractivity contribution in [1.29, 1.82) is 0 Å². The van der Waals surface area contributed by atoms with Crippen molar-refractivity contribution < 1.29 is 44.8 Å². The van der Waals surface area contributed by atoms with Crippen LogP contribution in [0.25, 0.3) is 0 Å². The van der Waals surface area contributed by atoms with Crippen molar-refractivity contribution in [3.8, 4) is 0 Å². The summed E-state index contributed by atoms with van der Waals surface area (Å²) in [7, 11) is 0. The van der Waals surface area contributed by atoms with Gasteiger partial charge in [0.2, 0.25) is 0 Å². The molecule has 0 spiro atoms. The number of thiol groups is 1. The van der Waals surface area contributed by atoms with Crippen LogP contribution in [-0.2, 0) is 14.2 Å². The van der Waals surface area contributed by atoms with Crippen LogP contribution in [-0.4, -0.2) is 104 Å². The molecule has 2 unspecified atom stereocenters. The molecule has 10 nitrogen and oxygen atoms in total. The molecule has 0 aliphatic carbocycles. The summed E-state index contributed by atoms with van der Waals surface area (Å²) in [6.45, 7) is -0.588. The third-order valence-corrected chi connectivity index (χ3v) is 4.42. The van der Waals surface area contributed by atoms with E-state index < -0.39 is 68.0 Å². The summed E-state index contributed by atoms with van der Waals surface area (Å²) in [4.78, 5) is 0. The lowest BCUT2D eigenvalue weighted by Crippen LogP contribution is -2.65. The molecule has 8 N–H and O–H groups in total. The Balaban J connectivity index is 2.11. The van der Waals surface area contributed by atoms with Crippen molar-refractivity contribution in [3.63, 3.8) is 0 Å². The normalized spacial score (nSPS) is 51.7. The van der Waals surface area contributed by atoms with Gasteiger partial charge in [0.15, 0.2) is 12.6 Å². The highest BCUT2D eigenvalue weighted by atomic mass is 32.1. The zero-order valence-corrected chi connectivity index (χ0v) is 13.0. The van der Waals surface area contributed by atoms with Crippen molar-refractivity contribution in [2.45, 2.75) is 61.3 Å². The molecule has 2 heterocycles. The Morgan fingerprint density at radius 2 is 1.57 bits per heavy atom. The lowest BCUT2D eigenvalue weighted by atomic mass is 9.96. The van der Waals surface area contributed by atoms with Gasteiger partial charge in [0.05, 0.1) is 18.8 Å². The maximum Gasteiger partial charge on any atom is 0.187 e. The van der Waals surface area contributed by atoms with Crippen molar-refractivity contribution in [1.82, 2.24) is 0 Å². The average molecular weight is 357 g/mol. The fourth-order valence-corrected chi connectivity index (χ4v) is 2.91. The first-order chi connectivity index (χ1) is 10.8. The number of nitrogens with two attached hydrogens (primary N) is 1. The third kappa shape index (κ3) is 3.80. The first kappa shape index (κ1) is 19.3. The van der Waals surface area contributed by atoms with Crippen LogP contribution in [0.2, 0.25) is 0 Å². The Morgan fingerprint density at radius 3 is 2.13 bits per heavy atom. The monoisotopic (exact) mass is 357 g/mol. The standard InChI is InChI=1S/C12H23NO9S/c13-5-7(16)10(3(1-14)20-11(5)19)22-12-9(18)8(17)6(15)4(2-23)21-12/h3-12,14-19,23H,1-2,13H2/t3-,4-,5-,6-,7-,8+,9-,10-,11?,12?/m1/s1. The van der Waals surface area contributed by atoms with E-state index in [1.54, 1.807) is 0 Å². The molecule has 0 saturated carbocycles. The minimum absolute atomic E-state index is 0.0518. The summed E-state index contributed by atoms with van der Waals surface area (Å²) < 4.78 is 15.8. The third-order valence-electron chi connectivity index (χ3n) is 4.06. The summed E-state index contributed by atoms with van der Waals surface area (Å²) in [5, 5.41) is 58.5. The highest BCUT2D eigenvalue weighted by Crippen LogP contribution is 2.28. The molecular formula is C12H23NO9S. The molecule has 11 heteroatoms. The predicted octanol–water partition coefficient (Wildman–Crippen LogP) is -4.49. The number of hydrogen-bond donors (Lipinski definition) is 8. The fraction of sp³-hybridized carbons (Fsp3) is 1.00. The van der Waals surface area contributed by atoms with Gasteiger partial charge in [-0.1, -0.05) is 0 Å². The molecule has 0 aromatic carbocycles. The van der Waals surface area contributed by atoms with Gasteiger partial charge in [-0.05, 0) is 0 Å². The molecule has 2 aliphatic heterocycles. The minimum Gasteiger partial charge on any atom is -0.394 e. The van der Waals surface area contributed by atoms with E-state index in [0.717, 1.165) is 0 Å². The average Bonchev–Trinajstić information content (AvgIpc) is 2.55. The van der Waals surface area contributed by atoms with E-state index in [9.17, 15) is 30.6 Å². The van der Waals surface area contributed by atoms with E-state index in [1.165, 1.54) is 0 Å². The number of rotatable bonds is 4. The van der Waals surface area contributed by atoms with Gasteiger partial charge in [0.25, 0.3) is 0 Å². The second-order valence-electron chi connectivity index (χ2n) is 5.61. The molecule has 136 valence electrons. The smallest absolute Gasteiger partial charge is 0.187 e. The summed E-state index contributed by atoms with van der Waals surface area (Å²) in [6.07, 6.45) is -12.1. The summed E-state index contributed by atoms with van der Waals surface area (Å²) >= 11 is 3.98. The molecule has 10 atom stereocenters. The molecule has 0 radical (unpaired) electrons. The highest BCUT2D eigenvalue weighted by molar-refractivity contribution is 7.80. The maximum atomic E-state index is 10.1. The van der Waals surface area contributed by atoms with Crippen molar-refractivity contribution in [2.24, 2.45) is 5.73 Å². The molecule has 0 aromatic heterocycles. The Kier molecular flexibility index (Phi) is 6.61. The molecule has 0 bridgehead atoms. The zero-order chi connectivity index (χ0) is 17.3. The van der Waals surface area contributed by atoms with Crippen molar-refractivity contribution in [2.75, 3.05) is 12.4 Å². The van der Waals surface area contributed by atoms with E-state index in [-0.39, 0.29) is 5.75 Å². The molecule has 0 amide bonds. The van der Waals surface area contributed by atoms with Gasteiger partial charge in [-0.25, -0.2) is 0 Å². The van der Waals surface area contributed by atoms with E-state index in [1.807, 2.05) is 0 Å². The van der Waals surface area contributed by atoms with Crippen LogP contribution in [0.5, 0.6) is 0 Å². The molecule has 2 rings (SSSR count). The molecule has 2 saturated heterocycles. The van der Waals surface area contributed by atoms with Crippen LogP contribution in [0.3, 0.4) is 0 Å². The SMILES string of the molecule is N[C@H]1C(O)O[C@H](CO)[C@@H](OC2O[C@H](CS)[C@@H](O)[C@H](O)[C@H]2O)[C@@H]1O. The molecule has 23 heavy (non-hydrogen) atoms. The van der Waals surface area contributed by atoms with E-state index in [4.69, 9.17) is 19.9 Å². The van der Waals surface area contributed by atoms with Gasteiger partial charge in [0.1, 0.15) is 36.6 Å². The Labute approximate surface area is 137 Å². The number of hydrogen-bond acceptors (Lipinski definition) is 11. The first-order valence-electron chi connectivity index (χ1n) is 7.15. The van der Waals surface area contributed by atoms with Crippen LogP contribution in [0.1, 0.15) is 0 Å². The minimum atomic E-state index is -1.60. The number of aliphatic hydroxyl groups excluding tert-OH is 6.